The molecule has 1 fully saturated rings. The van der Waals surface area contributed by atoms with Crippen LogP contribution < -0.4 is 10.2 Å². The molecule has 1 unspecified atom stereocenters. The zero-order valence-electron chi connectivity index (χ0n) is 12.0. The van der Waals surface area contributed by atoms with E-state index in [2.05, 4.69) is 26.3 Å². The smallest absolute Gasteiger partial charge is 0.129 e. The monoisotopic (exact) mass is 297 g/mol. The van der Waals surface area contributed by atoms with Gasteiger partial charge in [-0.3, -0.25) is 0 Å². The highest BCUT2D eigenvalue weighted by Gasteiger charge is 2.22. The van der Waals surface area contributed by atoms with E-state index in [9.17, 15) is 9.65 Å². The number of piperidine rings is 1. The van der Waals surface area contributed by atoms with Crippen LogP contribution in [0, 0.1) is 17.1 Å². The first-order chi connectivity index (χ1) is 10.8. The second kappa shape index (κ2) is 6.39. The Kier molecular flexibility index (Phi) is 4.15. The third kappa shape index (κ3) is 3.14. The van der Waals surface area contributed by atoms with Gasteiger partial charge in [-0.1, -0.05) is 0 Å². The number of hydrogen-bond acceptors (Lipinski definition) is 5. The summed E-state index contributed by atoms with van der Waals surface area (Å²) in [5, 5.41) is 12.6. The van der Waals surface area contributed by atoms with Crippen LogP contribution in [-0.2, 0) is 0 Å². The van der Waals surface area contributed by atoms with Gasteiger partial charge in [-0.25, -0.2) is 14.4 Å². The van der Waals surface area contributed by atoms with E-state index in [1.807, 2.05) is 6.07 Å². The van der Waals surface area contributed by atoms with Crippen LogP contribution in [0.25, 0.3) is 0 Å². The lowest BCUT2D eigenvalue weighted by atomic mass is 10.0. The molecule has 1 saturated heterocycles. The van der Waals surface area contributed by atoms with Crippen molar-refractivity contribution < 1.29 is 4.39 Å². The molecule has 0 saturated carbocycles. The van der Waals surface area contributed by atoms with Gasteiger partial charge in [0.1, 0.15) is 24.0 Å². The van der Waals surface area contributed by atoms with Crippen molar-refractivity contribution in [3.05, 3.63) is 48.2 Å². The quantitative estimate of drug-likeness (QED) is 0.943. The van der Waals surface area contributed by atoms with Gasteiger partial charge in [-0.15, -0.1) is 0 Å². The summed E-state index contributed by atoms with van der Waals surface area (Å²) < 4.78 is 13.3. The summed E-state index contributed by atoms with van der Waals surface area (Å²) >= 11 is 0. The molecule has 22 heavy (non-hydrogen) atoms. The fourth-order valence-electron chi connectivity index (χ4n) is 2.77. The number of halogens is 1. The highest BCUT2D eigenvalue weighted by Crippen LogP contribution is 2.25. The molecule has 2 aromatic rings. The Balaban J connectivity index is 1.75. The number of rotatable bonds is 3. The fraction of sp³-hybridized carbons (Fsp3) is 0.312. The van der Waals surface area contributed by atoms with Gasteiger partial charge in [0, 0.05) is 25.3 Å². The number of nitrogens with one attached hydrogen (secondary N) is 1. The minimum Gasteiger partial charge on any atom is -0.368 e. The predicted molar refractivity (Wildman–Crippen MR) is 82.0 cm³/mol. The number of aromatic nitrogens is 2. The number of anilines is 2. The molecule has 0 amide bonds. The summed E-state index contributed by atoms with van der Waals surface area (Å²) in [7, 11) is 0. The molecule has 2 heterocycles. The van der Waals surface area contributed by atoms with Crippen LogP contribution in [0.15, 0.2) is 36.8 Å². The van der Waals surface area contributed by atoms with Crippen LogP contribution in [-0.4, -0.2) is 29.1 Å². The van der Waals surface area contributed by atoms with Gasteiger partial charge >= 0.3 is 0 Å². The molecule has 6 heteroatoms. The summed E-state index contributed by atoms with van der Waals surface area (Å²) in [6.07, 6.45) is 5.24. The minimum atomic E-state index is -0.382. The van der Waals surface area contributed by atoms with Crippen LogP contribution in [0.4, 0.5) is 15.9 Å². The van der Waals surface area contributed by atoms with Crippen molar-refractivity contribution in [3.8, 4) is 6.07 Å². The highest BCUT2D eigenvalue weighted by atomic mass is 19.1. The van der Waals surface area contributed by atoms with Crippen molar-refractivity contribution in [1.82, 2.24) is 9.97 Å². The molecule has 0 radical (unpaired) electrons. The standard InChI is InChI=1S/C16H16FN5/c17-13-3-4-15(12(8-13)9-18)22-7-1-2-14(10-22)21-16-5-6-19-11-20-16/h3-6,8,11,14H,1-2,7,10H2,(H,19,20,21). The maximum absolute atomic E-state index is 13.3. The molecule has 3 rings (SSSR count). The van der Waals surface area contributed by atoms with Gasteiger partial charge in [0.25, 0.3) is 0 Å². The number of nitrogens with zero attached hydrogens (tertiary/aromatic N) is 4. The number of nitriles is 1. The first kappa shape index (κ1) is 14.3. The Morgan fingerprint density at radius 2 is 2.27 bits per heavy atom. The molecule has 112 valence electrons. The average molecular weight is 297 g/mol. The summed E-state index contributed by atoms with van der Waals surface area (Å²) in [5.74, 6) is 0.412. The van der Waals surface area contributed by atoms with E-state index in [0.29, 0.717) is 5.56 Å². The molecule has 1 aromatic carbocycles. The van der Waals surface area contributed by atoms with Crippen molar-refractivity contribution >= 4 is 11.5 Å². The molecule has 0 spiro atoms. The van der Waals surface area contributed by atoms with Crippen molar-refractivity contribution in [1.29, 1.82) is 5.26 Å². The second-order valence-corrected chi connectivity index (χ2v) is 5.30. The Bertz CT molecular complexity index is 683. The molecule has 1 N–H and O–H groups in total. The lowest BCUT2D eigenvalue weighted by Crippen LogP contribution is -2.42. The summed E-state index contributed by atoms with van der Waals surface area (Å²) in [6, 6.07) is 8.51. The van der Waals surface area contributed by atoms with Gasteiger partial charge in [0.2, 0.25) is 0 Å². The van der Waals surface area contributed by atoms with Gasteiger partial charge in [-0.05, 0) is 37.1 Å². The second-order valence-electron chi connectivity index (χ2n) is 5.30. The molecule has 0 bridgehead atoms. The van der Waals surface area contributed by atoms with Gasteiger partial charge in [-0.2, -0.15) is 5.26 Å². The van der Waals surface area contributed by atoms with Crippen LogP contribution in [0.3, 0.4) is 0 Å². The highest BCUT2D eigenvalue weighted by molar-refractivity contribution is 5.60. The molecular weight excluding hydrogens is 281 g/mol. The lowest BCUT2D eigenvalue weighted by molar-refractivity contribution is 0.528. The largest absolute Gasteiger partial charge is 0.368 e. The van der Waals surface area contributed by atoms with E-state index in [4.69, 9.17) is 0 Å². The third-order valence-electron chi connectivity index (χ3n) is 3.78. The maximum atomic E-state index is 13.3. The van der Waals surface area contributed by atoms with Crippen LogP contribution in [0.2, 0.25) is 0 Å². The van der Waals surface area contributed by atoms with E-state index < -0.39 is 0 Å². The maximum Gasteiger partial charge on any atom is 0.129 e. The van der Waals surface area contributed by atoms with E-state index >= 15 is 0 Å². The number of benzene rings is 1. The van der Waals surface area contributed by atoms with Crippen molar-refractivity contribution in [2.75, 3.05) is 23.3 Å². The Labute approximate surface area is 128 Å². The molecule has 0 aliphatic carbocycles. The molecule has 1 atom stereocenters. The molecule has 1 aliphatic heterocycles. The number of hydrogen-bond donors (Lipinski definition) is 1. The summed E-state index contributed by atoms with van der Waals surface area (Å²) in [6.45, 7) is 1.62. The molecule has 5 nitrogen and oxygen atoms in total. The average Bonchev–Trinajstić information content (AvgIpc) is 2.56. The van der Waals surface area contributed by atoms with Crippen LogP contribution in [0.5, 0.6) is 0 Å². The lowest BCUT2D eigenvalue weighted by Gasteiger charge is -2.35. The molecule has 1 aliphatic rings. The first-order valence-electron chi connectivity index (χ1n) is 7.23. The Morgan fingerprint density at radius 1 is 1.36 bits per heavy atom. The molecule has 1 aromatic heterocycles. The first-order valence-corrected chi connectivity index (χ1v) is 7.23. The van der Waals surface area contributed by atoms with E-state index in [1.165, 1.54) is 18.5 Å². The summed E-state index contributed by atoms with van der Waals surface area (Å²) in [4.78, 5) is 10.2. The van der Waals surface area contributed by atoms with E-state index in [0.717, 1.165) is 37.4 Å². The van der Waals surface area contributed by atoms with Crippen molar-refractivity contribution in [2.45, 2.75) is 18.9 Å². The third-order valence-corrected chi connectivity index (χ3v) is 3.78. The molecular formula is C16H16FN5. The topological polar surface area (TPSA) is 64.8 Å². The van der Waals surface area contributed by atoms with E-state index in [1.54, 1.807) is 12.3 Å². The van der Waals surface area contributed by atoms with Crippen LogP contribution >= 0.6 is 0 Å². The Hall–Kier alpha value is -2.68. The van der Waals surface area contributed by atoms with Crippen molar-refractivity contribution in [2.24, 2.45) is 0 Å². The normalized spacial score (nSPS) is 17.8. The zero-order valence-corrected chi connectivity index (χ0v) is 12.0. The van der Waals surface area contributed by atoms with Gasteiger partial charge in [0.05, 0.1) is 11.3 Å². The summed E-state index contributed by atoms with van der Waals surface area (Å²) in [5.41, 5.74) is 1.17. The van der Waals surface area contributed by atoms with Crippen molar-refractivity contribution in [3.63, 3.8) is 0 Å². The zero-order chi connectivity index (χ0) is 15.4. The Morgan fingerprint density at radius 3 is 3.05 bits per heavy atom. The van der Waals surface area contributed by atoms with Gasteiger partial charge < -0.3 is 10.2 Å². The SMILES string of the molecule is N#Cc1cc(F)ccc1N1CCCC(Nc2ccncn2)C1. The van der Waals surface area contributed by atoms with Gasteiger partial charge in [0.15, 0.2) is 0 Å². The van der Waals surface area contributed by atoms with E-state index in [-0.39, 0.29) is 11.9 Å². The predicted octanol–water partition coefficient (Wildman–Crippen LogP) is 2.57. The van der Waals surface area contributed by atoms with Crippen LogP contribution in [0.1, 0.15) is 18.4 Å². The fourth-order valence-corrected chi connectivity index (χ4v) is 2.77. The minimum absolute atomic E-state index is 0.236.